The lowest BCUT2D eigenvalue weighted by Crippen LogP contribution is -2.37. The highest BCUT2D eigenvalue weighted by molar-refractivity contribution is 6.22. The number of rotatable bonds is 7. The van der Waals surface area contributed by atoms with Crippen LogP contribution in [0.5, 0.6) is 0 Å². The highest BCUT2D eigenvalue weighted by Gasteiger charge is 2.37. The van der Waals surface area contributed by atoms with E-state index in [2.05, 4.69) is 5.32 Å². The van der Waals surface area contributed by atoms with Crippen molar-refractivity contribution < 1.29 is 28.7 Å². The fourth-order valence-corrected chi connectivity index (χ4v) is 3.04. The molecule has 8 nitrogen and oxygen atoms in total. The van der Waals surface area contributed by atoms with Crippen LogP contribution in [0.3, 0.4) is 0 Å². The summed E-state index contributed by atoms with van der Waals surface area (Å²) in [5, 5.41) is 2.72. The van der Waals surface area contributed by atoms with Gasteiger partial charge in [0.05, 0.1) is 11.1 Å². The normalized spacial score (nSPS) is 13.7. The molecular formula is C23H22N2O6. The highest BCUT2D eigenvalue weighted by atomic mass is 16.5. The Bertz CT molecular complexity index is 1020. The smallest absolute Gasteiger partial charge is 0.326 e. The van der Waals surface area contributed by atoms with Gasteiger partial charge in [0.25, 0.3) is 11.8 Å². The van der Waals surface area contributed by atoms with E-state index < -0.39 is 36.2 Å². The minimum absolute atomic E-state index is 0.144. The van der Waals surface area contributed by atoms with E-state index in [4.69, 9.17) is 4.74 Å². The second-order valence-electron chi connectivity index (χ2n) is 7.46. The number of anilines is 1. The molecule has 0 aromatic heterocycles. The molecule has 3 rings (SSSR count). The molecule has 31 heavy (non-hydrogen) atoms. The van der Waals surface area contributed by atoms with Crippen LogP contribution in [0.4, 0.5) is 5.69 Å². The topological polar surface area (TPSA) is 110 Å². The number of benzene rings is 2. The number of ketones is 1. The average molecular weight is 422 g/mol. The Morgan fingerprint density at radius 3 is 1.97 bits per heavy atom. The van der Waals surface area contributed by atoms with Crippen molar-refractivity contribution in [2.75, 3.05) is 11.9 Å². The van der Waals surface area contributed by atoms with E-state index in [1.54, 1.807) is 38.1 Å². The summed E-state index contributed by atoms with van der Waals surface area (Å²) in [5.41, 5.74) is 1.30. The predicted octanol–water partition coefficient (Wildman–Crippen LogP) is 2.69. The van der Waals surface area contributed by atoms with Crippen LogP contribution in [0.1, 0.15) is 51.8 Å². The third-order valence-electron chi connectivity index (χ3n) is 4.80. The molecule has 3 amide bonds. The summed E-state index contributed by atoms with van der Waals surface area (Å²) in [6, 6.07) is 12.5. The van der Waals surface area contributed by atoms with E-state index in [1.165, 1.54) is 31.2 Å². The van der Waals surface area contributed by atoms with Gasteiger partial charge in [0.2, 0.25) is 11.7 Å². The van der Waals surface area contributed by atoms with Gasteiger partial charge < -0.3 is 10.1 Å². The highest BCUT2D eigenvalue weighted by Crippen LogP contribution is 2.22. The van der Waals surface area contributed by atoms with Crippen molar-refractivity contribution in [3.63, 3.8) is 0 Å². The number of esters is 1. The van der Waals surface area contributed by atoms with Crippen LogP contribution in [-0.4, -0.2) is 47.0 Å². The molecule has 1 aliphatic rings. The molecule has 0 fully saturated rings. The molecule has 0 aliphatic carbocycles. The zero-order valence-electron chi connectivity index (χ0n) is 17.4. The molecule has 0 bridgehead atoms. The van der Waals surface area contributed by atoms with Crippen LogP contribution in [0.2, 0.25) is 0 Å². The third-order valence-corrected chi connectivity index (χ3v) is 4.80. The van der Waals surface area contributed by atoms with Gasteiger partial charge in [0.15, 0.2) is 6.10 Å². The van der Waals surface area contributed by atoms with E-state index >= 15 is 0 Å². The predicted molar refractivity (Wildman–Crippen MR) is 112 cm³/mol. The number of hydrogen-bond donors (Lipinski definition) is 1. The van der Waals surface area contributed by atoms with E-state index in [9.17, 15) is 24.0 Å². The Hall–Kier alpha value is -3.81. The molecule has 1 heterocycles. The zero-order valence-corrected chi connectivity index (χ0v) is 17.4. The number of nitrogens with one attached hydrogen (secondary N) is 1. The fraction of sp³-hybridized carbons (Fsp3) is 0.261. The SMILES string of the molecule is CC(C)C(=O)Nc1ccc(C(=O)[C@@H](C)OC(=O)CN2C(=O)c3ccccc3C2=O)cc1. The standard InChI is InChI=1S/C23H22N2O6/c1-13(2)21(28)24-16-10-8-15(9-11-16)20(27)14(3)31-19(26)12-25-22(29)17-6-4-5-7-18(17)23(25)30/h4-11,13-14H,12H2,1-3H3,(H,24,28)/t14-/m1/s1. The average Bonchev–Trinajstić information content (AvgIpc) is 2.98. The molecule has 0 radical (unpaired) electrons. The van der Waals surface area contributed by atoms with E-state index in [-0.39, 0.29) is 23.0 Å². The number of fused-ring (bicyclic) bond motifs is 1. The lowest BCUT2D eigenvalue weighted by Gasteiger charge is -2.16. The molecule has 8 heteroatoms. The van der Waals surface area contributed by atoms with Crippen LogP contribution in [0, 0.1) is 5.92 Å². The van der Waals surface area contributed by atoms with Gasteiger partial charge in [0, 0.05) is 17.2 Å². The van der Waals surface area contributed by atoms with Gasteiger partial charge in [-0.15, -0.1) is 0 Å². The second-order valence-corrected chi connectivity index (χ2v) is 7.46. The fourth-order valence-electron chi connectivity index (χ4n) is 3.04. The number of imide groups is 1. The molecule has 1 atom stereocenters. The van der Waals surface area contributed by atoms with Crippen molar-refractivity contribution in [2.45, 2.75) is 26.9 Å². The van der Waals surface area contributed by atoms with Gasteiger partial charge in [-0.1, -0.05) is 26.0 Å². The molecule has 2 aromatic carbocycles. The number of ether oxygens (including phenoxy) is 1. The van der Waals surface area contributed by atoms with Gasteiger partial charge in [-0.3, -0.25) is 28.9 Å². The van der Waals surface area contributed by atoms with Crippen molar-refractivity contribution in [3.05, 3.63) is 65.2 Å². The summed E-state index contributed by atoms with van der Waals surface area (Å²) < 4.78 is 5.15. The number of Topliss-reactive ketones (excluding diaryl/α,β-unsaturated/α-hetero) is 1. The molecule has 1 N–H and O–H groups in total. The number of nitrogens with zero attached hydrogens (tertiary/aromatic N) is 1. The Balaban J connectivity index is 1.59. The van der Waals surface area contributed by atoms with Crippen molar-refractivity contribution in [1.29, 1.82) is 0 Å². The van der Waals surface area contributed by atoms with E-state index in [1.807, 2.05) is 0 Å². The third kappa shape index (κ3) is 4.69. The van der Waals surface area contributed by atoms with Crippen LogP contribution in [0.25, 0.3) is 0 Å². The minimum Gasteiger partial charge on any atom is -0.453 e. The van der Waals surface area contributed by atoms with Crippen molar-refractivity contribution in [3.8, 4) is 0 Å². The Kier molecular flexibility index (Phi) is 6.29. The first-order valence-electron chi connectivity index (χ1n) is 9.79. The van der Waals surface area contributed by atoms with Crippen molar-refractivity contribution in [2.24, 2.45) is 5.92 Å². The Morgan fingerprint density at radius 1 is 0.903 bits per heavy atom. The van der Waals surface area contributed by atoms with Crippen LogP contribution in [-0.2, 0) is 14.3 Å². The second kappa shape index (κ2) is 8.91. The molecule has 0 saturated heterocycles. The van der Waals surface area contributed by atoms with Gasteiger partial charge in [0.1, 0.15) is 6.54 Å². The van der Waals surface area contributed by atoms with Crippen molar-refractivity contribution in [1.82, 2.24) is 4.90 Å². The quantitative estimate of drug-likeness (QED) is 0.417. The van der Waals surface area contributed by atoms with Crippen molar-refractivity contribution >= 4 is 35.2 Å². The summed E-state index contributed by atoms with van der Waals surface area (Å²) in [4.78, 5) is 62.0. The first-order chi connectivity index (χ1) is 14.7. The number of amides is 3. The molecule has 160 valence electrons. The molecule has 2 aromatic rings. The molecule has 0 unspecified atom stereocenters. The zero-order chi connectivity index (χ0) is 22.7. The summed E-state index contributed by atoms with van der Waals surface area (Å²) in [7, 11) is 0. The van der Waals surface area contributed by atoms with Crippen LogP contribution >= 0.6 is 0 Å². The first-order valence-corrected chi connectivity index (χ1v) is 9.79. The largest absolute Gasteiger partial charge is 0.453 e. The number of carbonyl (C=O) groups excluding carboxylic acids is 5. The van der Waals surface area contributed by atoms with E-state index in [0.29, 0.717) is 11.3 Å². The Morgan fingerprint density at radius 2 is 1.45 bits per heavy atom. The van der Waals surface area contributed by atoms with Gasteiger partial charge in [-0.05, 0) is 43.3 Å². The maximum Gasteiger partial charge on any atom is 0.326 e. The number of hydrogen-bond acceptors (Lipinski definition) is 6. The minimum atomic E-state index is -1.11. The molecule has 1 aliphatic heterocycles. The summed E-state index contributed by atoms with van der Waals surface area (Å²) in [6.45, 7) is 4.37. The van der Waals surface area contributed by atoms with Crippen LogP contribution < -0.4 is 5.32 Å². The molecule has 0 saturated carbocycles. The number of carbonyl (C=O) groups is 5. The maximum absolute atomic E-state index is 12.6. The van der Waals surface area contributed by atoms with Gasteiger partial charge >= 0.3 is 5.97 Å². The van der Waals surface area contributed by atoms with Gasteiger partial charge in [-0.25, -0.2) is 0 Å². The van der Waals surface area contributed by atoms with Crippen LogP contribution in [0.15, 0.2) is 48.5 Å². The lowest BCUT2D eigenvalue weighted by molar-refractivity contribution is -0.146. The maximum atomic E-state index is 12.6. The lowest BCUT2D eigenvalue weighted by atomic mass is 10.1. The molecular weight excluding hydrogens is 400 g/mol. The molecule has 0 spiro atoms. The first kappa shape index (κ1) is 21.9. The van der Waals surface area contributed by atoms with Gasteiger partial charge in [-0.2, -0.15) is 0 Å². The summed E-state index contributed by atoms with van der Waals surface area (Å²) >= 11 is 0. The monoisotopic (exact) mass is 422 g/mol. The van der Waals surface area contributed by atoms with E-state index in [0.717, 1.165) is 4.90 Å². The Labute approximate surface area is 179 Å². The summed E-state index contributed by atoms with van der Waals surface area (Å²) in [6.07, 6.45) is -1.11. The summed E-state index contributed by atoms with van der Waals surface area (Å²) in [5.74, 6) is -2.78.